The zero-order valence-electron chi connectivity index (χ0n) is 16.8. The molecule has 0 spiro atoms. The van der Waals surface area contributed by atoms with Gasteiger partial charge in [0.1, 0.15) is 11.4 Å². The fourth-order valence-electron chi connectivity index (χ4n) is 2.52. The van der Waals surface area contributed by atoms with E-state index in [0.717, 1.165) is 0 Å². The summed E-state index contributed by atoms with van der Waals surface area (Å²) < 4.78 is 19.2. The van der Waals surface area contributed by atoms with Crippen LogP contribution in [0, 0.1) is 37.4 Å². The van der Waals surface area contributed by atoms with Crippen molar-refractivity contribution in [3.8, 4) is 11.8 Å². The fraction of sp³-hybridized carbons (Fsp3) is 0.222. The molecule has 13 nitrogen and oxygen atoms in total. The predicted molar refractivity (Wildman–Crippen MR) is 110 cm³/mol. The van der Waals surface area contributed by atoms with Gasteiger partial charge in [0, 0.05) is 25.6 Å². The Morgan fingerprint density at radius 1 is 1.12 bits per heavy atom. The van der Waals surface area contributed by atoms with E-state index in [2.05, 4.69) is 20.9 Å². The second-order valence-electron chi connectivity index (χ2n) is 6.09. The van der Waals surface area contributed by atoms with Gasteiger partial charge in [-0.05, 0) is 6.07 Å². The van der Waals surface area contributed by atoms with Crippen LogP contribution in [0.25, 0.3) is 0 Å². The second-order valence-corrected chi connectivity index (χ2v) is 6.09. The van der Waals surface area contributed by atoms with Crippen molar-refractivity contribution in [1.29, 1.82) is 5.26 Å². The van der Waals surface area contributed by atoms with Gasteiger partial charge in [-0.1, -0.05) is 0 Å². The van der Waals surface area contributed by atoms with Gasteiger partial charge in [-0.25, -0.2) is 0 Å². The van der Waals surface area contributed by atoms with E-state index in [1.165, 1.54) is 26.2 Å². The third-order valence-corrected chi connectivity index (χ3v) is 3.88. The topological polar surface area (TPSA) is 185 Å². The van der Waals surface area contributed by atoms with Crippen molar-refractivity contribution in [2.24, 2.45) is 10.2 Å². The molecule has 0 radical (unpaired) electrons. The number of rotatable bonds is 9. The number of nitrogens with zero attached hydrogens (tertiary/aromatic N) is 5. The Balaban J connectivity index is 2.56. The SMILES string of the molecule is COc1cc(N=Nc2cc(F)c([N+](=O)[O-])cc2[N+](=O)[O-])c(NC(C)=O)cc1NCCC#N. The number of halogens is 1. The molecule has 0 atom stereocenters. The summed E-state index contributed by atoms with van der Waals surface area (Å²) in [6.45, 7) is 1.53. The summed E-state index contributed by atoms with van der Waals surface area (Å²) in [4.78, 5) is 31.6. The Labute approximate surface area is 179 Å². The number of amides is 1. The van der Waals surface area contributed by atoms with Gasteiger partial charge in [-0.2, -0.15) is 9.65 Å². The molecule has 166 valence electrons. The van der Waals surface area contributed by atoms with Crippen LogP contribution in [0.5, 0.6) is 5.75 Å². The van der Waals surface area contributed by atoms with Gasteiger partial charge in [0.2, 0.25) is 11.7 Å². The smallest absolute Gasteiger partial charge is 0.311 e. The monoisotopic (exact) mass is 445 g/mol. The van der Waals surface area contributed by atoms with Crippen LogP contribution in [0.3, 0.4) is 0 Å². The first-order valence-corrected chi connectivity index (χ1v) is 8.82. The number of ether oxygens (including phenoxy) is 1. The van der Waals surface area contributed by atoms with Gasteiger partial charge < -0.3 is 15.4 Å². The summed E-state index contributed by atoms with van der Waals surface area (Å²) >= 11 is 0. The summed E-state index contributed by atoms with van der Waals surface area (Å²) in [6.07, 6.45) is 0.204. The lowest BCUT2D eigenvalue weighted by Gasteiger charge is -2.14. The molecule has 0 aliphatic heterocycles. The van der Waals surface area contributed by atoms with E-state index in [1.54, 1.807) is 0 Å². The normalized spacial score (nSPS) is 10.4. The minimum Gasteiger partial charge on any atom is -0.495 e. The van der Waals surface area contributed by atoms with Gasteiger partial charge in [0.05, 0.1) is 46.9 Å². The lowest BCUT2D eigenvalue weighted by Crippen LogP contribution is -2.08. The van der Waals surface area contributed by atoms with E-state index in [1.807, 2.05) is 6.07 Å². The fourth-order valence-corrected chi connectivity index (χ4v) is 2.52. The Hall–Kier alpha value is -4.67. The minimum absolute atomic E-state index is 0.0101. The van der Waals surface area contributed by atoms with E-state index < -0.39 is 38.6 Å². The summed E-state index contributed by atoms with van der Waals surface area (Å²) in [5.41, 5.74) is -1.89. The molecule has 0 heterocycles. The molecular formula is C18H16FN7O6. The molecule has 2 N–H and O–H groups in total. The molecule has 2 aromatic rings. The van der Waals surface area contributed by atoms with Gasteiger partial charge in [0.15, 0.2) is 5.69 Å². The van der Waals surface area contributed by atoms with Gasteiger partial charge in [-0.15, -0.1) is 10.2 Å². The predicted octanol–water partition coefficient (Wildman–Crippen LogP) is 4.35. The van der Waals surface area contributed by atoms with E-state index >= 15 is 0 Å². The van der Waals surface area contributed by atoms with Crippen LogP contribution in [0.1, 0.15) is 13.3 Å². The molecule has 0 unspecified atom stereocenters. The van der Waals surface area contributed by atoms with Crippen LogP contribution in [0.15, 0.2) is 34.5 Å². The van der Waals surface area contributed by atoms with Gasteiger partial charge in [0.25, 0.3) is 0 Å². The molecular weight excluding hydrogens is 429 g/mol. The number of carbonyl (C=O) groups is 1. The van der Waals surface area contributed by atoms with Gasteiger partial charge in [-0.3, -0.25) is 25.0 Å². The first-order chi connectivity index (χ1) is 15.2. The summed E-state index contributed by atoms with van der Waals surface area (Å²) in [5.74, 6) is -1.52. The number of benzene rings is 2. The molecule has 0 saturated heterocycles. The zero-order valence-corrected chi connectivity index (χ0v) is 16.8. The third kappa shape index (κ3) is 5.69. The number of azo groups is 1. The lowest BCUT2D eigenvalue weighted by atomic mass is 10.2. The van der Waals surface area contributed by atoms with Crippen LogP contribution in [0.2, 0.25) is 0 Å². The number of nitriles is 1. The average Bonchev–Trinajstić information content (AvgIpc) is 2.72. The molecule has 0 bridgehead atoms. The highest BCUT2D eigenvalue weighted by molar-refractivity contribution is 5.93. The number of hydrogen-bond acceptors (Lipinski definition) is 10. The molecule has 0 saturated carbocycles. The Bertz CT molecular complexity index is 1150. The number of hydrogen-bond donors (Lipinski definition) is 2. The van der Waals surface area contributed by atoms with E-state index in [0.29, 0.717) is 24.4 Å². The largest absolute Gasteiger partial charge is 0.495 e. The first kappa shape index (κ1) is 23.6. The Kier molecular flexibility index (Phi) is 7.66. The van der Waals surface area contributed by atoms with Crippen LogP contribution in [-0.2, 0) is 4.79 Å². The second kappa shape index (κ2) is 10.4. The molecule has 2 aromatic carbocycles. The highest BCUT2D eigenvalue weighted by atomic mass is 19.1. The summed E-state index contributed by atoms with van der Waals surface area (Å²) in [5, 5.41) is 43.7. The van der Waals surface area contributed by atoms with E-state index in [4.69, 9.17) is 10.00 Å². The van der Waals surface area contributed by atoms with Crippen molar-refractivity contribution in [2.75, 3.05) is 24.3 Å². The highest BCUT2D eigenvalue weighted by Crippen LogP contribution is 2.39. The van der Waals surface area contributed by atoms with Crippen molar-refractivity contribution in [3.63, 3.8) is 0 Å². The molecule has 2 rings (SSSR count). The average molecular weight is 445 g/mol. The van der Waals surface area contributed by atoms with Crippen LogP contribution >= 0.6 is 0 Å². The maximum atomic E-state index is 14.0. The molecule has 1 amide bonds. The molecule has 0 aromatic heterocycles. The number of anilines is 2. The van der Waals surface area contributed by atoms with Crippen molar-refractivity contribution < 1.29 is 23.8 Å². The lowest BCUT2D eigenvalue weighted by molar-refractivity contribution is -0.395. The minimum atomic E-state index is -1.33. The third-order valence-electron chi connectivity index (χ3n) is 3.88. The summed E-state index contributed by atoms with van der Waals surface area (Å²) in [6, 6.07) is 5.75. The summed E-state index contributed by atoms with van der Waals surface area (Å²) in [7, 11) is 1.36. The molecule has 32 heavy (non-hydrogen) atoms. The van der Waals surface area contributed by atoms with E-state index in [9.17, 15) is 29.4 Å². The molecule has 0 fully saturated rings. The molecule has 14 heteroatoms. The number of nitrogens with one attached hydrogen (secondary N) is 2. The first-order valence-electron chi connectivity index (χ1n) is 8.82. The number of nitro benzene ring substituents is 2. The maximum absolute atomic E-state index is 14.0. The van der Waals surface area contributed by atoms with Crippen molar-refractivity contribution >= 4 is 40.0 Å². The quantitative estimate of drug-likeness (QED) is 0.247. The van der Waals surface area contributed by atoms with Crippen molar-refractivity contribution in [1.82, 2.24) is 0 Å². The Morgan fingerprint density at radius 2 is 1.78 bits per heavy atom. The number of nitro groups is 2. The number of methoxy groups -OCH3 is 1. The van der Waals surface area contributed by atoms with Crippen molar-refractivity contribution in [3.05, 3.63) is 50.3 Å². The standard InChI is InChI=1S/C18H16FN7O6/c1-10(27)22-12-7-15(21-5-3-4-20)18(32-2)8-13(12)23-24-14-6-11(19)16(25(28)29)9-17(14)26(30)31/h6-9,21H,3,5H2,1-2H3,(H,22,27). The number of carbonyl (C=O) groups excluding carboxylic acids is 1. The van der Waals surface area contributed by atoms with Crippen LogP contribution < -0.4 is 15.4 Å². The highest BCUT2D eigenvalue weighted by Gasteiger charge is 2.25. The van der Waals surface area contributed by atoms with Crippen molar-refractivity contribution in [2.45, 2.75) is 13.3 Å². The molecule has 0 aliphatic carbocycles. The zero-order chi connectivity index (χ0) is 23.8. The van der Waals surface area contributed by atoms with Gasteiger partial charge >= 0.3 is 11.4 Å². The van der Waals surface area contributed by atoms with Crippen LogP contribution in [-0.4, -0.2) is 29.4 Å². The van der Waals surface area contributed by atoms with E-state index in [-0.39, 0.29) is 23.5 Å². The Morgan fingerprint density at radius 3 is 2.34 bits per heavy atom. The molecule has 0 aliphatic rings. The maximum Gasteiger partial charge on any atom is 0.311 e. The van der Waals surface area contributed by atoms with Crippen LogP contribution in [0.4, 0.5) is 38.5 Å².